The molecule has 1 aromatic heterocycles. The van der Waals surface area contributed by atoms with Gasteiger partial charge in [-0.3, -0.25) is 9.59 Å². The number of hydrogen-bond donors (Lipinski definition) is 1. The topological polar surface area (TPSA) is 85.7 Å². The summed E-state index contributed by atoms with van der Waals surface area (Å²) in [6.45, 7) is 0.413. The molecule has 0 bridgehead atoms. The highest BCUT2D eigenvalue weighted by Gasteiger charge is 2.14. The number of carbonyl (C=O) groups is 2. The molecule has 0 fully saturated rings. The molecule has 1 N–H and O–H groups in total. The van der Waals surface area contributed by atoms with Crippen LogP contribution in [0, 0.1) is 0 Å². The van der Waals surface area contributed by atoms with Crippen LogP contribution in [0.25, 0.3) is 5.69 Å². The van der Waals surface area contributed by atoms with E-state index in [1.165, 1.54) is 7.11 Å². The van der Waals surface area contributed by atoms with E-state index in [4.69, 9.17) is 9.47 Å². The smallest absolute Gasteiger partial charge is 0.253 e. The second-order valence-electron chi connectivity index (χ2n) is 7.93. The van der Waals surface area contributed by atoms with E-state index in [0.717, 1.165) is 17.1 Å². The van der Waals surface area contributed by atoms with Crippen LogP contribution in [0.4, 0.5) is 5.69 Å². The minimum atomic E-state index is -0.266. The van der Waals surface area contributed by atoms with Crippen molar-refractivity contribution in [3.8, 4) is 17.2 Å². The number of nitrogens with one attached hydrogen (secondary N) is 1. The summed E-state index contributed by atoms with van der Waals surface area (Å²) < 4.78 is 12.2. The molecule has 2 amide bonds. The number of ether oxygens (including phenoxy) is 2. The van der Waals surface area contributed by atoms with Crippen LogP contribution in [0.15, 0.2) is 91.3 Å². The lowest BCUT2D eigenvalue weighted by molar-refractivity contribution is -0.119. The lowest BCUT2D eigenvalue weighted by atomic mass is 10.1. The molecule has 0 saturated heterocycles. The summed E-state index contributed by atoms with van der Waals surface area (Å²) in [6, 6.07) is 24.4. The van der Waals surface area contributed by atoms with E-state index >= 15 is 0 Å². The third-order valence-electron chi connectivity index (χ3n) is 5.17. The molecule has 0 aliphatic carbocycles. The van der Waals surface area contributed by atoms with E-state index in [-0.39, 0.29) is 18.4 Å². The minimum absolute atomic E-state index is 0.0374. The zero-order valence-electron chi connectivity index (χ0n) is 19.5. The van der Waals surface area contributed by atoms with Gasteiger partial charge in [0.1, 0.15) is 18.1 Å². The molecule has 8 heteroatoms. The van der Waals surface area contributed by atoms with E-state index in [0.29, 0.717) is 23.5 Å². The number of anilines is 1. The highest BCUT2D eigenvalue weighted by Crippen LogP contribution is 2.22. The van der Waals surface area contributed by atoms with E-state index in [1.807, 2.05) is 60.7 Å². The number of amides is 2. The van der Waals surface area contributed by atoms with Crippen LogP contribution in [0.5, 0.6) is 11.5 Å². The first kappa shape index (κ1) is 23.7. The van der Waals surface area contributed by atoms with Gasteiger partial charge in [0.25, 0.3) is 5.91 Å². The Labute approximate surface area is 203 Å². The van der Waals surface area contributed by atoms with Gasteiger partial charge in [0.05, 0.1) is 23.8 Å². The fraction of sp³-hybridized carbons (Fsp3) is 0.148. The molecule has 178 valence electrons. The van der Waals surface area contributed by atoms with Crippen molar-refractivity contribution in [2.75, 3.05) is 26.1 Å². The standard InChI is InChI=1S/C27H26N4O4/c1-30(17-20-11-13-25(14-12-20)35-24-9-4-3-5-10-24)27(33)21-7-6-8-23(15-21)31-18-22(16-28-31)29-26(32)19-34-2/h3-16,18H,17,19H2,1-2H3,(H,29,32). The highest BCUT2D eigenvalue weighted by molar-refractivity contribution is 5.94. The summed E-state index contributed by atoms with van der Waals surface area (Å²) in [6.07, 6.45) is 3.22. The van der Waals surface area contributed by atoms with Gasteiger partial charge in [-0.15, -0.1) is 0 Å². The molecule has 8 nitrogen and oxygen atoms in total. The Kier molecular flexibility index (Phi) is 7.54. The largest absolute Gasteiger partial charge is 0.457 e. The van der Waals surface area contributed by atoms with Crippen LogP contribution < -0.4 is 10.1 Å². The lowest BCUT2D eigenvalue weighted by Crippen LogP contribution is -2.26. The van der Waals surface area contributed by atoms with Crippen LogP contribution in [-0.4, -0.2) is 47.3 Å². The number of benzene rings is 3. The normalized spacial score (nSPS) is 10.6. The van der Waals surface area contributed by atoms with Crippen molar-refractivity contribution >= 4 is 17.5 Å². The van der Waals surface area contributed by atoms with Gasteiger partial charge >= 0.3 is 0 Å². The van der Waals surface area contributed by atoms with Crippen molar-refractivity contribution in [1.82, 2.24) is 14.7 Å². The number of methoxy groups -OCH3 is 1. The molecule has 0 atom stereocenters. The second-order valence-corrected chi connectivity index (χ2v) is 7.93. The molecule has 0 aliphatic heterocycles. The second kappa shape index (κ2) is 11.1. The van der Waals surface area contributed by atoms with Crippen LogP contribution >= 0.6 is 0 Å². The summed E-state index contributed by atoms with van der Waals surface area (Å²) in [5.74, 6) is 1.13. The van der Waals surface area contributed by atoms with E-state index in [1.54, 1.807) is 47.2 Å². The quantitative estimate of drug-likeness (QED) is 0.389. The number of aromatic nitrogens is 2. The minimum Gasteiger partial charge on any atom is -0.457 e. The summed E-state index contributed by atoms with van der Waals surface area (Å²) >= 11 is 0. The Morgan fingerprint density at radius 2 is 1.71 bits per heavy atom. The lowest BCUT2D eigenvalue weighted by Gasteiger charge is -2.18. The molecule has 0 saturated carbocycles. The Balaban J connectivity index is 1.39. The first-order valence-corrected chi connectivity index (χ1v) is 11.0. The highest BCUT2D eigenvalue weighted by atomic mass is 16.5. The van der Waals surface area contributed by atoms with Gasteiger partial charge < -0.3 is 19.7 Å². The number of hydrogen-bond acceptors (Lipinski definition) is 5. The van der Waals surface area contributed by atoms with Gasteiger partial charge in [-0.05, 0) is 48.0 Å². The van der Waals surface area contributed by atoms with Crippen molar-refractivity contribution < 1.29 is 19.1 Å². The zero-order valence-corrected chi connectivity index (χ0v) is 19.5. The average Bonchev–Trinajstić information content (AvgIpc) is 3.34. The zero-order chi connectivity index (χ0) is 24.6. The van der Waals surface area contributed by atoms with Crippen molar-refractivity contribution in [3.63, 3.8) is 0 Å². The van der Waals surface area contributed by atoms with Gasteiger partial charge in [-0.25, -0.2) is 4.68 Å². The molecule has 35 heavy (non-hydrogen) atoms. The van der Waals surface area contributed by atoms with Crippen molar-refractivity contribution in [1.29, 1.82) is 0 Å². The molecule has 0 radical (unpaired) electrons. The Hall–Kier alpha value is -4.43. The molecule has 3 aromatic carbocycles. The monoisotopic (exact) mass is 470 g/mol. The predicted octanol–water partition coefficient (Wildman–Crippen LogP) is 4.52. The molecule has 1 heterocycles. The fourth-order valence-corrected chi connectivity index (χ4v) is 3.49. The summed E-state index contributed by atoms with van der Waals surface area (Å²) in [5, 5.41) is 6.98. The number of rotatable bonds is 9. The van der Waals surface area contributed by atoms with Gasteiger partial charge in [0.2, 0.25) is 5.91 Å². The number of carbonyl (C=O) groups excluding carboxylic acids is 2. The predicted molar refractivity (Wildman–Crippen MR) is 133 cm³/mol. The maximum absolute atomic E-state index is 13.1. The third-order valence-corrected chi connectivity index (χ3v) is 5.17. The maximum atomic E-state index is 13.1. The van der Waals surface area contributed by atoms with Crippen molar-refractivity contribution in [2.24, 2.45) is 0 Å². The Morgan fingerprint density at radius 1 is 0.971 bits per heavy atom. The molecule has 4 aromatic rings. The molecule has 4 rings (SSSR count). The van der Waals surface area contributed by atoms with E-state index < -0.39 is 0 Å². The number of nitrogens with zero attached hydrogens (tertiary/aromatic N) is 3. The Morgan fingerprint density at radius 3 is 2.46 bits per heavy atom. The van der Waals surface area contributed by atoms with Crippen molar-refractivity contribution in [2.45, 2.75) is 6.54 Å². The van der Waals surface area contributed by atoms with Gasteiger partial charge in [-0.2, -0.15) is 5.10 Å². The molecular weight excluding hydrogens is 444 g/mol. The Bertz CT molecular complexity index is 1290. The van der Waals surface area contributed by atoms with E-state index in [9.17, 15) is 9.59 Å². The maximum Gasteiger partial charge on any atom is 0.253 e. The molecule has 0 unspecified atom stereocenters. The van der Waals surface area contributed by atoms with E-state index in [2.05, 4.69) is 10.4 Å². The summed E-state index contributed by atoms with van der Waals surface area (Å²) in [7, 11) is 3.22. The first-order chi connectivity index (χ1) is 17.0. The van der Waals surface area contributed by atoms with Crippen LogP contribution in [0.3, 0.4) is 0 Å². The van der Waals surface area contributed by atoms with Gasteiger partial charge in [-0.1, -0.05) is 36.4 Å². The van der Waals surface area contributed by atoms with Crippen LogP contribution in [0.2, 0.25) is 0 Å². The van der Waals surface area contributed by atoms with Crippen LogP contribution in [0.1, 0.15) is 15.9 Å². The molecular formula is C27H26N4O4. The SMILES string of the molecule is COCC(=O)Nc1cnn(-c2cccc(C(=O)N(C)Cc3ccc(Oc4ccccc4)cc3)c2)c1. The van der Waals surface area contributed by atoms with Gasteiger partial charge in [0.15, 0.2) is 0 Å². The third kappa shape index (κ3) is 6.33. The summed E-state index contributed by atoms with van der Waals surface area (Å²) in [4.78, 5) is 26.4. The van der Waals surface area contributed by atoms with Crippen molar-refractivity contribution in [3.05, 3.63) is 102 Å². The molecule has 0 aliphatic rings. The average molecular weight is 471 g/mol. The fourth-order valence-electron chi connectivity index (χ4n) is 3.49. The van der Waals surface area contributed by atoms with Gasteiger partial charge in [0, 0.05) is 26.3 Å². The first-order valence-electron chi connectivity index (χ1n) is 11.0. The summed E-state index contributed by atoms with van der Waals surface area (Å²) in [5.41, 5.74) is 2.77. The molecule has 0 spiro atoms. The number of para-hydroxylation sites is 1. The van der Waals surface area contributed by atoms with Crippen LogP contribution in [-0.2, 0) is 16.1 Å².